The quantitative estimate of drug-likeness (QED) is 0.539. The van der Waals surface area contributed by atoms with Gasteiger partial charge in [-0.15, -0.1) is 0 Å². The molecule has 1 N–H and O–H groups in total. The Morgan fingerprint density at radius 3 is 2.52 bits per heavy atom. The summed E-state index contributed by atoms with van der Waals surface area (Å²) < 4.78 is 2.36. The third-order valence-electron chi connectivity index (χ3n) is 3.82. The van der Waals surface area contributed by atoms with E-state index in [1.807, 2.05) is 0 Å². The Morgan fingerprint density at radius 2 is 1.71 bits per heavy atom. The summed E-state index contributed by atoms with van der Waals surface area (Å²) >= 11 is -0.0725. The van der Waals surface area contributed by atoms with Crippen LogP contribution in [0.1, 0.15) is 11.1 Å². The van der Waals surface area contributed by atoms with Crippen LogP contribution in [-0.4, -0.2) is 33.6 Å². The molecule has 1 unspecified atom stereocenters. The maximum absolute atomic E-state index is 10.3. The molecule has 2 aromatic rings. The van der Waals surface area contributed by atoms with Crippen LogP contribution in [0.5, 0.6) is 0 Å². The fourth-order valence-corrected chi connectivity index (χ4v) is 4.96. The number of benzene rings is 2. The number of rotatable bonds is 5. The van der Waals surface area contributed by atoms with Crippen molar-refractivity contribution in [2.45, 2.75) is 19.1 Å². The van der Waals surface area contributed by atoms with E-state index in [0.717, 1.165) is 30.5 Å². The Balaban J connectivity index is 1.49. The van der Waals surface area contributed by atoms with Gasteiger partial charge in [-0.3, -0.25) is 0 Å². The van der Waals surface area contributed by atoms with Gasteiger partial charge in [-0.1, -0.05) is 0 Å². The van der Waals surface area contributed by atoms with Crippen molar-refractivity contribution in [2.24, 2.45) is 0 Å². The van der Waals surface area contributed by atoms with E-state index < -0.39 is 0 Å². The number of hydrogen-bond acceptors (Lipinski definition) is 2. The van der Waals surface area contributed by atoms with Gasteiger partial charge in [0.05, 0.1) is 0 Å². The molecule has 0 bridgehead atoms. The number of hydrogen-bond donors (Lipinski definition) is 1. The summed E-state index contributed by atoms with van der Waals surface area (Å²) in [5, 5.41) is 10.3. The number of alkyl halides is 1. The molecule has 2 nitrogen and oxygen atoms in total. The minimum atomic E-state index is -0.191. The first-order valence-electron chi connectivity index (χ1n) is 7.42. The molecule has 3 heteroatoms. The zero-order valence-electron chi connectivity index (χ0n) is 12.1. The predicted molar refractivity (Wildman–Crippen MR) is 81.4 cm³/mol. The number of nitrogens with zero attached hydrogens (tertiary/aromatic N) is 1. The zero-order valence-corrected chi connectivity index (χ0v) is 14.2. The van der Waals surface area contributed by atoms with Crippen LogP contribution in [0.2, 0.25) is 0 Å². The number of halogens is 1. The molecular weight excluding hydrogens is 373 g/mol. The second-order valence-electron chi connectivity index (χ2n) is 5.49. The molecule has 0 fully saturated rings. The van der Waals surface area contributed by atoms with Crippen LogP contribution in [-0.2, 0) is 13.0 Å². The number of aliphatic hydroxyl groups excluding tert-OH is 1. The van der Waals surface area contributed by atoms with E-state index in [1.165, 1.54) is 14.7 Å². The molecule has 0 saturated heterocycles. The summed E-state index contributed by atoms with van der Waals surface area (Å²) in [5.41, 5.74) is 2.90. The van der Waals surface area contributed by atoms with Gasteiger partial charge in [0, 0.05) is 0 Å². The number of aliphatic hydroxyl groups is 1. The van der Waals surface area contributed by atoms with Gasteiger partial charge >= 0.3 is 137 Å². The monoisotopic (exact) mass is 394 g/mol. The molecule has 0 aromatic heterocycles. The van der Waals surface area contributed by atoms with Crippen molar-refractivity contribution >= 4 is 0 Å². The van der Waals surface area contributed by atoms with Crippen LogP contribution >= 0.6 is 0 Å². The van der Waals surface area contributed by atoms with Gasteiger partial charge in [-0.2, -0.15) is 0 Å². The van der Waals surface area contributed by atoms with Crippen molar-refractivity contribution in [1.29, 1.82) is 0 Å². The van der Waals surface area contributed by atoms with Gasteiger partial charge in [0.2, 0.25) is 0 Å². The fraction of sp³-hybridized carbons (Fsp3) is 0.333. The minimum absolute atomic E-state index is 0.0725. The molecule has 0 radical (unpaired) electrons. The van der Waals surface area contributed by atoms with Crippen molar-refractivity contribution < 1.29 is 26.3 Å². The van der Waals surface area contributed by atoms with Crippen molar-refractivity contribution in [3.63, 3.8) is 0 Å². The zero-order chi connectivity index (χ0) is 14.5. The van der Waals surface area contributed by atoms with Crippen molar-refractivity contribution in [2.75, 3.05) is 17.5 Å². The molecule has 0 amide bonds. The summed E-state index contributed by atoms with van der Waals surface area (Å²) in [6.45, 7) is 2.86. The van der Waals surface area contributed by atoms with E-state index in [4.69, 9.17) is 0 Å². The van der Waals surface area contributed by atoms with E-state index >= 15 is 0 Å². The van der Waals surface area contributed by atoms with Crippen LogP contribution < -0.4 is 21.2 Å². The number of β-amino-alcohol motifs (C(OH)–C–C–N with tert-alkyl or cyclic N) is 1. The molecule has 0 aliphatic carbocycles. The Labute approximate surface area is 137 Å². The van der Waals surface area contributed by atoms with Crippen LogP contribution in [0, 0.1) is 3.57 Å². The maximum atomic E-state index is 10.3. The van der Waals surface area contributed by atoms with E-state index in [2.05, 4.69) is 59.5 Å². The summed E-state index contributed by atoms with van der Waals surface area (Å²) in [4.78, 5) is 2.39. The van der Waals surface area contributed by atoms with E-state index in [9.17, 15) is 5.11 Å². The molecule has 3 rings (SSSR count). The van der Waals surface area contributed by atoms with Crippen LogP contribution in [0.3, 0.4) is 0 Å². The second kappa shape index (κ2) is 7.38. The molecular formula is C18H21INO-. The first-order chi connectivity index (χ1) is 10.3. The van der Waals surface area contributed by atoms with Crippen molar-refractivity contribution in [1.82, 2.24) is 4.90 Å². The van der Waals surface area contributed by atoms with E-state index in [1.54, 1.807) is 0 Å². The SMILES string of the molecule is OC(C[I-]c1ccccc1)CN1CCc2ccccc2C1. The van der Waals surface area contributed by atoms with Gasteiger partial charge in [-0.25, -0.2) is 0 Å². The average Bonchev–Trinajstić information content (AvgIpc) is 2.54. The van der Waals surface area contributed by atoms with Crippen LogP contribution in [0.4, 0.5) is 0 Å². The topological polar surface area (TPSA) is 23.5 Å². The summed E-state index contributed by atoms with van der Waals surface area (Å²) in [6, 6.07) is 19.2. The first-order valence-corrected chi connectivity index (χ1v) is 10.0. The summed E-state index contributed by atoms with van der Waals surface area (Å²) in [6.07, 6.45) is 0.916. The van der Waals surface area contributed by atoms with Gasteiger partial charge in [0.15, 0.2) is 0 Å². The third kappa shape index (κ3) is 4.28. The Bertz CT molecular complexity index is 572. The Kier molecular flexibility index (Phi) is 5.27. The van der Waals surface area contributed by atoms with Gasteiger partial charge in [0.25, 0.3) is 0 Å². The summed E-state index contributed by atoms with van der Waals surface area (Å²) in [5.74, 6) is 0. The molecule has 2 aromatic carbocycles. The molecule has 1 aliphatic heterocycles. The van der Waals surface area contributed by atoms with Crippen molar-refractivity contribution in [3.05, 3.63) is 69.3 Å². The second-order valence-corrected chi connectivity index (χ2v) is 8.38. The molecule has 0 saturated carbocycles. The number of fused-ring (bicyclic) bond motifs is 1. The molecule has 1 atom stereocenters. The molecule has 1 aliphatic rings. The first kappa shape index (κ1) is 15.0. The van der Waals surface area contributed by atoms with E-state index in [0.29, 0.717) is 0 Å². The molecule has 21 heavy (non-hydrogen) atoms. The Hall–Kier alpha value is -0.910. The fourth-order valence-electron chi connectivity index (χ4n) is 2.74. The normalized spacial score (nSPS) is 16.6. The molecule has 1 heterocycles. The van der Waals surface area contributed by atoms with Gasteiger partial charge < -0.3 is 0 Å². The van der Waals surface area contributed by atoms with Crippen LogP contribution in [0.25, 0.3) is 0 Å². The third-order valence-corrected chi connectivity index (χ3v) is 6.88. The summed E-state index contributed by atoms with van der Waals surface area (Å²) in [7, 11) is 0. The average molecular weight is 394 g/mol. The molecule has 0 spiro atoms. The van der Waals surface area contributed by atoms with E-state index in [-0.39, 0.29) is 27.3 Å². The molecule has 112 valence electrons. The Morgan fingerprint density at radius 1 is 1.00 bits per heavy atom. The predicted octanol–water partition coefficient (Wildman–Crippen LogP) is -0.636. The standard InChI is InChI=1S/C18H21INO/c21-18(12-19-17-8-2-1-3-9-17)14-20-11-10-15-6-4-5-7-16(15)13-20/h1-9,18,21H,10-14H2/q-1. The van der Waals surface area contributed by atoms with Gasteiger partial charge in [-0.05, 0) is 0 Å². The van der Waals surface area contributed by atoms with Crippen molar-refractivity contribution in [3.8, 4) is 0 Å². The van der Waals surface area contributed by atoms with Gasteiger partial charge in [0.1, 0.15) is 0 Å². The van der Waals surface area contributed by atoms with Crippen LogP contribution in [0.15, 0.2) is 54.6 Å².